The molecule has 1 aromatic heterocycles. The maximum absolute atomic E-state index is 12.7. The molecule has 4 rings (SSSR count). The fourth-order valence-electron chi connectivity index (χ4n) is 4.21. The van der Waals surface area contributed by atoms with Crippen molar-refractivity contribution in [2.24, 2.45) is 0 Å². The second-order valence-electron chi connectivity index (χ2n) is 8.62. The maximum atomic E-state index is 12.7. The molecule has 0 saturated carbocycles. The van der Waals surface area contributed by atoms with Crippen molar-refractivity contribution in [3.63, 3.8) is 0 Å². The molecule has 192 valence electrons. The lowest BCUT2D eigenvalue weighted by Crippen LogP contribution is -2.24. The van der Waals surface area contributed by atoms with Crippen LogP contribution >= 0.6 is 0 Å². The molecule has 1 amide bonds. The number of ether oxygens (including phenoxy) is 3. The zero-order valence-electron chi connectivity index (χ0n) is 21.4. The largest absolute Gasteiger partial charge is 0.497 e. The number of hydrogen-bond acceptors (Lipinski definition) is 5. The summed E-state index contributed by atoms with van der Waals surface area (Å²) < 4.78 is 18.9. The SMILES string of the molecule is C=CCc1ccc(OCCCCn2c(CNC(=O)c3cccc(OC)c3)nc3ccccc32)c(OC)c1. The van der Waals surface area contributed by atoms with Crippen LogP contribution in [0.2, 0.25) is 0 Å². The Morgan fingerprint density at radius 3 is 2.68 bits per heavy atom. The van der Waals surface area contributed by atoms with E-state index in [0.717, 1.165) is 59.7 Å². The molecule has 1 N–H and O–H groups in total. The minimum Gasteiger partial charge on any atom is -0.497 e. The predicted molar refractivity (Wildman–Crippen MR) is 146 cm³/mol. The molecule has 0 saturated heterocycles. The summed E-state index contributed by atoms with van der Waals surface area (Å²) in [6, 6.07) is 21.1. The first kappa shape index (κ1) is 25.8. The molecule has 0 radical (unpaired) electrons. The zero-order valence-corrected chi connectivity index (χ0v) is 21.4. The van der Waals surface area contributed by atoms with E-state index in [0.29, 0.717) is 24.5 Å². The van der Waals surface area contributed by atoms with Crippen molar-refractivity contribution in [2.45, 2.75) is 32.4 Å². The Labute approximate surface area is 217 Å². The predicted octanol–water partition coefficient (Wildman–Crippen LogP) is 5.57. The number of unbranched alkanes of at least 4 members (excludes halogenated alkanes) is 1. The van der Waals surface area contributed by atoms with Crippen LogP contribution in [0.15, 0.2) is 79.4 Å². The van der Waals surface area contributed by atoms with E-state index in [2.05, 4.69) is 22.5 Å². The summed E-state index contributed by atoms with van der Waals surface area (Å²) in [5, 5.41) is 2.99. The van der Waals surface area contributed by atoms with Gasteiger partial charge in [0.25, 0.3) is 5.91 Å². The number of rotatable bonds is 13. The van der Waals surface area contributed by atoms with E-state index in [9.17, 15) is 4.79 Å². The molecule has 7 heteroatoms. The number of imidazole rings is 1. The topological polar surface area (TPSA) is 74.6 Å². The number of nitrogens with one attached hydrogen (secondary N) is 1. The number of fused-ring (bicyclic) bond motifs is 1. The van der Waals surface area contributed by atoms with Gasteiger partial charge in [0, 0.05) is 12.1 Å². The summed E-state index contributed by atoms with van der Waals surface area (Å²) >= 11 is 0. The van der Waals surface area contributed by atoms with Crippen molar-refractivity contribution in [1.29, 1.82) is 0 Å². The Hall–Kier alpha value is -4.26. The maximum Gasteiger partial charge on any atom is 0.251 e. The second kappa shape index (κ2) is 12.6. The van der Waals surface area contributed by atoms with Crippen LogP contribution in [0.25, 0.3) is 11.0 Å². The Kier molecular flexibility index (Phi) is 8.81. The normalized spacial score (nSPS) is 10.8. The minimum absolute atomic E-state index is 0.168. The smallest absolute Gasteiger partial charge is 0.251 e. The highest BCUT2D eigenvalue weighted by atomic mass is 16.5. The highest BCUT2D eigenvalue weighted by Gasteiger charge is 2.13. The van der Waals surface area contributed by atoms with E-state index in [1.54, 1.807) is 32.4 Å². The standard InChI is InChI=1S/C30H33N3O4/c1-4-10-22-15-16-27(28(19-22)36-3)37-18-8-7-17-33-26-14-6-5-13-25(26)32-29(33)21-31-30(34)23-11-9-12-24(20-23)35-2/h4-6,9,11-16,19-20H,1,7-8,10,17-18,21H2,2-3H3,(H,31,34). The van der Waals surface area contributed by atoms with Gasteiger partial charge in [0.1, 0.15) is 11.6 Å². The number of hydrogen-bond donors (Lipinski definition) is 1. The van der Waals surface area contributed by atoms with E-state index in [4.69, 9.17) is 19.2 Å². The molecule has 0 aliphatic carbocycles. The number of aryl methyl sites for hydroxylation is 1. The second-order valence-corrected chi connectivity index (χ2v) is 8.62. The third kappa shape index (κ3) is 6.50. The third-order valence-electron chi connectivity index (χ3n) is 6.11. The van der Waals surface area contributed by atoms with E-state index in [1.165, 1.54) is 0 Å². The molecule has 0 bridgehead atoms. The number of methoxy groups -OCH3 is 2. The number of para-hydroxylation sites is 2. The number of carbonyl (C=O) groups excluding carboxylic acids is 1. The van der Waals surface area contributed by atoms with Crippen LogP contribution in [0.5, 0.6) is 17.2 Å². The van der Waals surface area contributed by atoms with Gasteiger partial charge in [-0.2, -0.15) is 0 Å². The molecule has 0 atom stereocenters. The Balaban J connectivity index is 1.36. The monoisotopic (exact) mass is 499 g/mol. The molecule has 37 heavy (non-hydrogen) atoms. The molecule has 0 fully saturated rings. The summed E-state index contributed by atoms with van der Waals surface area (Å²) in [5.41, 5.74) is 3.64. The van der Waals surface area contributed by atoms with Crippen molar-refractivity contribution >= 4 is 16.9 Å². The summed E-state index contributed by atoms with van der Waals surface area (Å²) in [5.74, 6) is 2.77. The third-order valence-corrected chi connectivity index (χ3v) is 6.11. The fraction of sp³-hybridized carbons (Fsp3) is 0.267. The van der Waals surface area contributed by atoms with Gasteiger partial charge in [-0.3, -0.25) is 4.79 Å². The molecular formula is C30H33N3O4. The molecule has 1 heterocycles. The zero-order chi connectivity index (χ0) is 26.0. The van der Waals surface area contributed by atoms with E-state index in [1.807, 2.05) is 48.5 Å². The summed E-state index contributed by atoms with van der Waals surface area (Å²) in [6.45, 7) is 5.46. The average molecular weight is 500 g/mol. The first-order valence-electron chi connectivity index (χ1n) is 12.4. The summed E-state index contributed by atoms with van der Waals surface area (Å²) in [7, 11) is 3.24. The van der Waals surface area contributed by atoms with Crippen molar-refractivity contribution < 1.29 is 19.0 Å². The van der Waals surface area contributed by atoms with Crippen LogP contribution < -0.4 is 19.5 Å². The first-order valence-corrected chi connectivity index (χ1v) is 12.4. The number of carbonyl (C=O) groups is 1. The van der Waals surface area contributed by atoms with E-state index >= 15 is 0 Å². The van der Waals surface area contributed by atoms with Gasteiger partial charge in [0.05, 0.1) is 38.4 Å². The van der Waals surface area contributed by atoms with Gasteiger partial charge in [0.15, 0.2) is 11.5 Å². The fourth-order valence-corrected chi connectivity index (χ4v) is 4.21. The number of benzene rings is 3. The van der Waals surface area contributed by atoms with Crippen LogP contribution in [-0.2, 0) is 19.5 Å². The van der Waals surface area contributed by atoms with Crippen LogP contribution in [0.3, 0.4) is 0 Å². The van der Waals surface area contributed by atoms with Crippen molar-refractivity contribution in [3.05, 3.63) is 96.3 Å². The minimum atomic E-state index is -0.168. The van der Waals surface area contributed by atoms with Crippen LogP contribution in [-0.4, -0.2) is 36.3 Å². The van der Waals surface area contributed by atoms with Gasteiger partial charge in [-0.05, 0) is 67.3 Å². The van der Waals surface area contributed by atoms with Crippen molar-refractivity contribution in [2.75, 3.05) is 20.8 Å². The van der Waals surface area contributed by atoms with Crippen molar-refractivity contribution in [3.8, 4) is 17.2 Å². The quantitative estimate of drug-likeness (QED) is 0.192. The molecule has 7 nitrogen and oxygen atoms in total. The lowest BCUT2D eigenvalue weighted by molar-refractivity contribution is 0.0949. The highest BCUT2D eigenvalue weighted by molar-refractivity contribution is 5.94. The van der Waals surface area contributed by atoms with E-state index < -0.39 is 0 Å². The summed E-state index contributed by atoms with van der Waals surface area (Å²) in [6.07, 6.45) is 4.42. The molecule has 4 aromatic rings. The van der Waals surface area contributed by atoms with Gasteiger partial charge in [0.2, 0.25) is 0 Å². The lowest BCUT2D eigenvalue weighted by Gasteiger charge is -2.13. The number of aromatic nitrogens is 2. The highest BCUT2D eigenvalue weighted by Crippen LogP contribution is 2.28. The van der Waals surface area contributed by atoms with Crippen molar-refractivity contribution in [1.82, 2.24) is 14.9 Å². The van der Waals surface area contributed by atoms with Gasteiger partial charge in [-0.15, -0.1) is 6.58 Å². The van der Waals surface area contributed by atoms with Gasteiger partial charge in [-0.1, -0.05) is 30.3 Å². The molecule has 0 unspecified atom stereocenters. The van der Waals surface area contributed by atoms with E-state index in [-0.39, 0.29) is 5.91 Å². The summed E-state index contributed by atoms with van der Waals surface area (Å²) in [4.78, 5) is 17.5. The molecule has 0 aliphatic rings. The number of nitrogens with zero attached hydrogens (tertiary/aromatic N) is 2. The number of amides is 1. The van der Waals surface area contributed by atoms with Gasteiger partial charge >= 0.3 is 0 Å². The Morgan fingerprint density at radius 1 is 1.00 bits per heavy atom. The molecule has 0 spiro atoms. The van der Waals surface area contributed by atoms with Gasteiger partial charge < -0.3 is 24.1 Å². The Bertz CT molecular complexity index is 1360. The van der Waals surface area contributed by atoms with Crippen LogP contribution in [0, 0.1) is 0 Å². The molecule has 0 aliphatic heterocycles. The average Bonchev–Trinajstić information content (AvgIpc) is 3.29. The molecular weight excluding hydrogens is 466 g/mol. The van der Waals surface area contributed by atoms with Crippen LogP contribution in [0.4, 0.5) is 0 Å². The van der Waals surface area contributed by atoms with Gasteiger partial charge in [-0.25, -0.2) is 4.98 Å². The Morgan fingerprint density at radius 2 is 1.86 bits per heavy atom. The van der Waals surface area contributed by atoms with Crippen LogP contribution in [0.1, 0.15) is 34.6 Å². The molecule has 3 aromatic carbocycles. The first-order chi connectivity index (χ1) is 18.1. The number of allylic oxidation sites excluding steroid dienone is 1. The lowest BCUT2D eigenvalue weighted by atomic mass is 10.1.